The minimum absolute atomic E-state index is 0.165. The molecule has 1 aliphatic rings. The molecule has 0 spiro atoms. The van der Waals surface area contributed by atoms with Gasteiger partial charge in [-0.05, 0) is 30.2 Å². The molecule has 3 atom stereocenters. The molecular formula is C18H28OSi. The van der Waals surface area contributed by atoms with Crippen molar-refractivity contribution in [1.29, 1.82) is 0 Å². The van der Waals surface area contributed by atoms with Crippen molar-refractivity contribution < 1.29 is 5.11 Å². The van der Waals surface area contributed by atoms with Gasteiger partial charge in [0.1, 0.15) is 0 Å². The van der Waals surface area contributed by atoms with Crippen molar-refractivity contribution in [3.63, 3.8) is 0 Å². The summed E-state index contributed by atoms with van der Waals surface area (Å²) in [6, 6.07) is 10.8. The molecule has 20 heavy (non-hydrogen) atoms. The molecule has 1 N–H and O–H groups in total. The van der Waals surface area contributed by atoms with Crippen LogP contribution in [-0.2, 0) is 0 Å². The Morgan fingerprint density at radius 3 is 2.30 bits per heavy atom. The van der Waals surface area contributed by atoms with E-state index in [2.05, 4.69) is 63.0 Å². The molecule has 0 saturated heterocycles. The molecule has 1 aromatic rings. The molecule has 0 amide bonds. The largest absolute Gasteiger partial charge is 0.393 e. The van der Waals surface area contributed by atoms with Crippen LogP contribution in [0.15, 0.2) is 43.0 Å². The van der Waals surface area contributed by atoms with E-state index in [0.29, 0.717) is 17.4 Å². The van der Waals surface area contributed by atoms with Gasteiger partial charge in [-0.3, -0.25) is 0 Å². The molecule has 0 aromatic heterocycles. The van der Waals surface area contributed by atoms with Gasteiger partial charge in [-0.1, -0.05) is 68.0 Å². The Labute approximate surface area is 124 Å². The van der Waals surface area contributed by atoms with Crippen LogP contribution in [0.3, 0.4) is 0 Å². The SMILES string of the molecule is C=CC(C(C)C(O)C1CCC1)[Si](C)(C)c1ccccc1. The van der Waals surface area contributed by atoms with Crippen molar-refractivity contribution in [2.45, 2.75) is 50.9 Å². The quantitative estimate of drug-likeness (QED) is 0.620. The Bertz CT molecular complexity index is 436. The smallest absolute Gasteiger partial charge is 0.0877 e. The molecule has 1 saturated carbocycles. The topological polar surface area (TPSA) is 20.2 Å². The second kappa shape index (κ2) is 6.27. The second-order valence-corrected chi connectivity index (χ2v) is 11.6. The first kappa shape index (κ1) is 15.5. The number of aliphatic hydroxyl groups is 1. The maximum absolute atomic E-state index is 10.6. The number of aliphatic hydroxyl groups excluding tert-OH is 1. The van der Waals surface area contributed by atoms with E-state index in [9.17, 15) is 5.11 Å². The summed E-state index contributed by atoms with van der Waals surface area (Å²) in [6.07, 6.45) is 5.62. The molecule has 1 fully saturated rings. The fourth-order valence-electron chi connectivity index (χ4n) is 3.65. The molecule has 0 bridgehead atoms. The summed E-state index contributed by atoms with van der Waals surface area (Å²) in [5.74, 6) is 0.827. The fraction of sp³-hybridized carbons (Fsp3) is 0.556. The molecule has 2 heteroatoms. The van der Waals surface area contributed by atoms with Crippen LogP contribution < -0.4 is 5.19 Å². The molecule has 0 aliphatic heterocycles. The lowest BCUT2D eigenvalue weighted by Crippen LogP contribution is -2.50. The molecule has 3 unspecified atom stereocenters. The number of hydrogen-bond acceptors (Lipinski definition) is 1. The summed E-state index contributed by atoms with van der Waals surface area (Å²) >= 11 is 0. The van der Waals surface area contributed by atoms with Crippen LogP contribution in [-0.4, -0.2) is 19.3 Å². The Hall–Kier alpha value is -0.863. The summed E-state index contributed by atoms with van der Waals surface area (Å²) in [5, 5.41) is 12.1. The molecule has 1 aromatic carbocycles. The third-order valence-corrected chi connectivity index (χ3v) is 9.59. The van der Waals surface area contributed by atoms with Gasteiger partial charge in [-0.25, -0.2) is 0 Å². The van der Waals surface area contributed by atoms with E-state index >= 15 is 0 Å². The van der Waals surface area contributed by atoms with Crippen LogP contribution in [0, 0.1) is 11.8 Å². The van der Waals surface area contributed by atoms with Gasteiger partial charge in [-0.15, -0.1) is 6.58 Å². The molecule has 1 nitrogen and oxygen atoms in total. The van der Waals surface area contributed by atoms with Gasteiger partial charge >= 0.3 is 0 Å². The Balaban J connectivity index is 2.19. The monoisotopic (exact) mass is 288 g/mol. The maximum atomic E-state index is 10.6. The van der Waals surface area contributed by atoms with Crippen molar-refractivity contribution in [3.8, 4) is 0 Å². The Kier molecular flexibility index (Phi) is 4.87. The average Bonchev–Trinajstić information content (AvgIpc) is 2.38. The van der Waals surface area contributed by atoms with Crippen molar-refractivity contribution >= 4 is 13.3 Å². The highest BCUT2D eigenvalue weighted by Gasteiger charge is 2.40. The second-order valence-electron chi connectivity index (χ2n) is 6.89. The standard InChI is InChI=1S/C18H28OSi/c1-5-17(14(2)18(19)15-10-9-11-15)20(3,4)16-12-7-6-8-13-16/h5-8,12-15,17-19H,1,9-11H2,2-4H3. The zero-order chi connectivity index (χ0) is 14.8. The molecule has 0 heterocycles. The molecule has 0 radical (unpaired) electrons. The Morgan fingerprint density at radius 2 is 1.85 bits per heavy atom. The summed E-state index contributed by atoms with van der Waals surface area (Å²) in [6.45, 7) is 11.1. The predicted octanol–water partition coefficient (Wildman–Crippen LogP) is 3.96. The normalized spacial score (nSPS) is 20.8. The summed E-state index contributed by atoms with van der Waals surface area (Å²) in [5.41, 5.74) is 0.417. The minimum Gasteiger partial charge on any atom is -0.393 e. The zero-order valence-corrected chi connectivity index (χ0v) is 14.0. The minimum atomic E-state index is -1.65. The third kappa shape index (κ3) is 2.91. The van der Waals surface area contributed by atoms with Gasteiger partial charge in [0.05, 0.1) is 14.2 Å². The number of hydrogen-bond donors (Lipinski definition) is 1. The lowest BCUT2D eigenvalue weighted by atomic mass is 9.76. The first-order valence-electron chi connectivity index (χ1n) is 7.84. The molecule has 110 valence electrons. The summed E-state index contributed by atoms with van der Waals surface area (Å²) in [4.78, 5) is 0. The van der Waals surface area contributed by atoms with Crippen molar-refractivity contribution in [2.75, 3.05) is 0 Å². The third-order valence-electron chi connectivity index (χ3n) is 5.34. The fourth-order valence-corrected chi connectivity index (χ4v) is 7.19. The van der Waals surface area contributed by atoms with Gasteiger partial charge in [0, 0.05) is 0 Å². The van der Waals surface area contributed by atoms with E-state index in [1.54, 1.807) is 0 Å². The highest BCUT2D eigenvalue weighted by atomic mass is 28.3. The van der Waals surface area contributed by atoms with Gasteiger partial charge in [-0.2, -0.15) is 0 Å². The number of allylic oxidation sites excluding steroid dienone is 1. The molecule has 2 rings (SSSR count). The first-order valence-corrected chi connectivity index (χ1v) is 10.9. The van der Waals surface area contributed by atoms with Gasteiger partial charge in [0.2, 0.25) is 0 Å². The van der Waals surface area contributed by atoms with Crippen LogP contribution in [0.4, 0.5) is 0 Å². The van der Waals surface area contributed by atoms with Gasteiger partial charge in [0.25, 0.3) is 0 Å². The van der Waals surface area contributed by atoms with E-state index in [4.69, 9.17) is 0 Å². The van der Waals surface area contributed by atoms with Gasteiger partial charge in [0.15, 0.2) is 0 Å². The van der Waals surface area contributed by atoms with Crippen molar-refractivity contribution in [1.82, 2.24) is 0 Å². The van der Waals surface area contributed by atoms with Crippen molar-refractivity contribution in [3.05, 3.63) is 43.0 Å². The van der Waals surface area contributed by atoms with E-state index in [0.717, 1.165) is 0 Å². The van der Waals surface area contributed by atoms with E-state index in [1.165, 1.54) is 24.4 Å². The van der Waals surface area contributed by atoms with Gasteiger partial charge < -0.3 is 5.11 Å². The zero-order valence-electron chi connectivity index (χ0n) is 13.0. The van der Waals surface area contributed by atoms with Crippen LogP contribution >= 0.6 is 0 Å². The van der Waals surface area contributed by atoms with Crippen LogP contribution in [0.25, 0.3) is 0 Å². The van der Waals surface area contributed by atoms with Crippen LogP contribution in [0.1, 0.15) is 26.2 Å². The lowest BCUT2D eigenvalue weighted by molar-refractivity contribution is 0.0214. The predicted molar refractivity (Wildman–Crippen MR) is 90.0 cm³/mol. The molecule has 1 aliphatic carbocycles. The van der Waals surface area contributed by atoms with Crippen LogP contribution in [0.5, 0.6) is 0 Å². The number of rotatable bonds is 6. The van der Waals surface area contributed by atoms with Crippen LogP contribution in [0.2, 0.25) is 18.6 Å². The highest BCUT2D eigenvalue weighted by molar-refractivity contribution is 6.91. The molecular weight excluding hydrogens is 260 g/mol. The van der Waals surface area contributed by atoms with E-state index in [1.807, 2.05) is 0 Å². The maximum Gasteiger partial charge on any atom is 0.0877 e. The highest BCUT2D eigenvalue weighted by Crippen LogP contribution is 2.40. The summed E-state index contributed by atoms with van der Waals surface area (Å²) < 4.78 is 0. The lowest BCUT2D eigenvalue weighted by Gasteiger charge is -2.41. The number of benzene rings is 1. The average molecular weight is 289 g/mol. The summed E-state index contributed by atoms with van der Waals surface area (Å²) in [7, 11) is -1.65. The Morgan fingerprint density at radius 1 is 1.25 bits per heavy atom. The van der Waals surface area contributed by atoms with E-state index < -0.39 is 8.07 Å². The van der Waals surface area contributed by atoms with Crippen molar-refractivity contribution in [2.24, 2.45) is 11.8 Å². The van der Waals surface area contributed by atoms with E-state index in [-0.39, 0.29) is 6.10 Å². The first-order chi connectivity index (χ1) is 9.48.